The van der Waals surface area contributed by atoms with Crippen LogP contribution in [0.5, 0.6) is 0 Å². The molecule has 8 heteroatoms. The summed E-state index contributed by atoms with van der Waals surface area (Å²) in [7, 11) is -1.09. The Morgan fingerprint density at radius 2 is 2.00 bits per heavy atom. The van der Waals surface area contributed by atoms with Crippen LogP contribution in [0.15, 0.2) is 9.21 Å². The Kier molecular flexibility index (Phi) is 6.90. The van der Waals surface area contributed by atoms with Gasteiger partial charge in [-0.3, -0.25) is 0 Å². The molecule has 0 aliphatic carbocycles. The summed E-state index contributed by atoms with van der Waals surface area (Å²) in [6, 6.07) is 1.10. The normalized spacial score (nSPS) is 11.7. The molecule has 114 valence electrons. The Morgan fingerprint density at radius 3 is 2.55 bits per heavy atom. The largest absolute Gasteiger partial charge is 0.462 e. The standard InChI is InChI=1S/C12H20Br2N2O3Si/c1-5-19-12(17)9-10(13)15-16(11(9)14)8-18-6-7-20(2,3)4/h5-8H2,1-4H3. The van der Waals surface area contributed by atoms with Gasteiger partial charge >= 0.3 is 5.97 Å². The van der Waals surface area contributed by atoms with Crippen LogP contribution in [0.25, 0.3) is 0 Å². The Bertz CT molecular complexity index is 472. The van der Waals surface area contributed by atoms with Gasteiger partial charge in [-0.1, -0.05) is 19.6 Å². The minimum atomic E-state index is -1.09. The summed E-state index contributed by atoms with van der Waals surface area (Å²) in [5.74, 6) is -0.403. The van der Waals surface area contributed by atoms with Gasteiger partial charge in [-0.05, 0) is 44.8 Å². The number of rotatable bonds is 7. The van der Waals surface area contributed by atoms with E-state index in [1.807, 2.05) is 0 Å². The van der Waals surface area contributed by atoms with Crippen molar-refractivity contribution in [3.8, 4) is 0 Å². The van der Waals surface area contributed by atoms with Gasteiger partial charge in [-0.25, -0.2) is 9.48 Å². The molecule has 1 rings (SSSR count). The summed E-state index contributed by atoms with van der Waals surface area (Å²) in [5, 5.41) is 4.22. The van der Waals surface area contributed by atoms with E-state index in [9.17, 15) is 4.79 Å². The number of carbonyl (C=O) groups excluding carboxylic acids is 1. The molecule has 0 aliphatic rings. The van der Waals surface area contributed by atoms with Gasteiger partial charge in [0, 0.05) is 14.7 Å². The predicted molar refractivity (Wildman–Crippen MR) is 87.7 cm³/mol. The van der Waals surface area contributed by atoms with E-state index in [2.05, 4.69) is 56.6 Å². The second kappa shape index (κ2) is 7.72. The molecule has 0 aromatic carbocycles. The van der Waals surface area contributed by atoms with E-state index in [-0.39, 0.29) is 0 Å². The molecule has 0 saturated heterocycles. The first-order chi connectivity index (χ1) is 9.26. The molecule has 0 fully saturated rings. The molecule has 0 atom stereocenters. The number of aromatic nitrogens is 2. The lowest BCUT2D eigenvalue weighted by Crippen LogP contribution is -2.22. The molecular formula is C12H20Br2N2O3Si. The molecule has 0 aliphatic heterocycles. The van der Waals surface area contributed by atoms with Crippen LogP contribution >= 0.6 is 31.9 Å². The van der Waals surface area contributed by atoms with Gasteiger partial charge in [0.15, 0.2) is 0 Å². The molecule has 0 saturated carbocycles. The highest BCUT2D eigenvalue weighted by atomic mass is 79.9. The number of hydrogen-bond acceptors (Lipinski definition) is 4. The van der Waals surface area contributed by atoms with Gasteiger partial charge in [0.1, 0.15) is 21.5 Å². The second-order valence-corrected chi connectivity index (χ2v) is 12.6. The predicted octanol–water partition coefficient (Wildman–Crippen LogP) is 3.90. The third-order valence-corrected chi connectivity index (χ3v) is 5.60. The van der Waals surface area contributed by atoms with Crippen LogP contribution in [0.2, 0.25) is 25.7 Å². The lowest BCUT2D eigenvalue weighted by atomic mass is 10.4. The highest BCUT2D eigenvalue weighted by Crippen LogP contribution is 2.26. The number of hydrogen-bond donors (Lipinski definition) is 0. The van der Waals surface area contributed by atoms with E-state index < -0.39 is 14.0 Å². The SMILES string of the molecule is CCOC(=O)c1c(Br)nn(COCC[Si](C)(C)C)c1Br. The van der Waals surface area contributed by atoms with Crippen LogP contribution in [0.1, 0.15) is 17.3 Å². The van der Waals surface area contributed by atoms with Crippen LogP contribution in [-0.4, -0.2) is 37.0 Å². The second-order valence-electron chi connectivity index (χ2n) is 5.52. The van der Waals surface area contributed by atoms with Crippen molar-refractivity contribution in [2.45, 2.75) is 39.3 Å². The van der Waals surface area contributed by atoms with Crippen molar-refractivity contribution in [3.63, 3.8) is 0 Å². The molecule has 0 bridgehead atoms. The Hall–Kier alpha value is -0.183. The summed E-state index contributed by atoms with van der Waals surface area (Å²) >= 11 is 6.63. The van der Waals surface area contributed by atoms with Crippen molar-refractivity contribution < 1.29 is 14.3 Å². The van der Waals surface area contributed by atoms with Gasteiger partial charge in [0.25, 0.3) is 0 Å². The first kappa shape index (κ1) is 17.9. The van der Waals surface area contributed by atoms with E-state index in [4.69, 9.17) is 9.47 Å². The van der Waals surface area contributed by atoms with Crippen molar-refractivity contribution in [1.29, 1.82) is 0 Å². The van der Waals surface area contributed by atoms with Crippen LogP contribution in [0.4, 0.5) is 0 Å². The fraction of sp³-hybridized carbons (Fsp3) is 0.667. The van der Waals surface area contributed by atoms with E-state index in [1.165, 1.54) is 0 Å². The summed E-state index contributed by atoms with van der Waals surface area (Å²) in [5.41, 5.74) is 0.389. The van der Waals surface area contributed by atoms with Crippen molar-refractivity contribution in [1.82, 2.24) is 9.78 Å². The van der Waals surface area contributed by atoms with Crippen LogP contribution in [-0.2, 0) is 16.2 Å². The zero-order valence-corrected chi connectivity index (χ0v) is 16.4. The molecule has 5 nitrogen and oxygen atoms in total. The van der Waals surface area contributed by atoms with Gasteiger partial charge in [0.2, 0.25) is 0 Å². The van der Waals surface area contributed by atoms with E-state index >= 15 is 0 Å². The Labute approximate surface area is 137 Å². The van der Waals surface area contributed by atoms with Gasteiger partial charge in [-0.15, -0.1) is 0 Å². The van der Waals surface area contributed by atoms with E-state index in [0.717, 1.165) is 6.04 Å². The number of nitrogens with zero attached hydrogens (tertiary/aromatic N) is 2. The fourth-order valence-electron chi connectivity index (χ4n) is 1.40. The van der Waals surface area contributed by atoms with Crippen molar-refractivity contribution in [2.75, 3.05) is 13.2 Å². The average Bonchev–Trinajstić information content (AvgIpc) is 2.59. The minimum Gasteiger partial charge on any atom is -0.462 e. The molecule has 0 unspecified atom stereocenters. The number of esters is 1. The zero-order chi connectivity index (χ0) is 15.3. The van der Waals surface area contributed by atoms with Crippen LogP contribution < -0.4 is 0 Å². The monoisotopic (exact) mass is 426 g/mol. The maximum Gasteiger partial charge on any atom is 0.343 e. The molecule has 20 heavy (non-hydrogen) atoms. The number of halogens is 2. The molecule has 1 heterocycles. The average molecular weight is 428 g/mol. The van der Waals surface area contributed by atoms with Gasteiger partial charge in [-0.2, -0.15) is 5.10 Å². The third kappa shape index (κ3) is 5.31. The molecule has 0 amide bonds. The smallest absolute Gasteiger partial charge is 0.343 e. The summed E-state index contributed by atoms with van der Waals surface area (Å²) in [6.07, 6.45) is 0. The summed E-state index contributed by atoms with van der Waals surface area (Å²) in [6.45, 7) is 10.0. The maximum absolute atomic E-state index is 11.8. The Morgan fingerprint density at radius 1 is 1.35 bits per heavy atom. The van der Waals surface area contributed by atoms with Crippen LogP contribution in [0.3, 0.4) is 0 Å². The lowest BCUT2D eigenvalue weighted by molar-refractivity contribution is 0.0522. The topological polar surface area (TPSA) is 53.3 Å². The molecular weight excluding hydrogens is 408 g/mol. The molecule has 1 aromatic heterocycles. The molecule has 0 spiro atoms. The number of ether oxygens (including phenoxy) is 2. The van der Waals surface area contributed by atoms with E-state index in [1.54, 1.807) is 11.6 Å². The van der Waals surface area contributed by atoms with Crippen molar-refractivity contribution in [2.24, 2.45) is 0 Å². The maximum atomic E-state index is 11.8. The fourth-order valence-corrected chi connectivity index (χ4v) is 3.50. The molecule has 1 aromatic rings. The van der Waals surface area contributed by atoms with E-state index in [0.29, 0.717) is 34.7 Å². The van der Waals surface area contributed by atoms with Crippen molar-refractivity contribution in [3.05, 3.63) is 14.8 Å². The highest BCUT2D eigenvalue weighted by molar-refractivity contribution is 9.11. The zero-order valence-electron chi connectivity index (χ0n) is 12.2. The van der Waals surface area contributed by atoms with Crippen LogP contribution in [0, 0.1) is 0 Å². The Balaban J connectivity index is 2.64. The molecule has 0 radical (unpaired) electrons. The number of carbonyl (C=O) groups is 1. The highest BCUT2D eigenvalue weighted by Gasteiger charge is 2.22. The van der Waals surface area contributed by atoms with Gasteiger partial charge in [0.05, 0.1) is 6.61 Å². The molecule has 0 N–H and O–H groups in total. The lowest BCUT2D eigenvalue weighted by Gasteiger charge is -2.15. The summed E-state index contributed by atoms with van der Waals surface area (Å²) < 4.78 is 13.2. The summed E-state index contributed by atoms with van der Waals surface area (Å²) in [4.78, 5) is 11.8. The minimum absolute atomic E-state index is 0.309. The van der Waals surface area contributed by atoms with Crippen molar-refractivity contribution >= 4 is 45.9 Å². The third-order valence-electron chi connectivity index (χ3n) is 2.54. The first-order valence-corrected chi connectivity index (χ1v) is 11.7. The van der Waals surface area contributed by atoms with Gasteiger partial charge < -0.3 is 9.47 Å². The quantitative estimate of drug-likeness (QED) is 0.376. The first-order valence-electron chi connectivity index (χ1n) is 6.43.